The third-order valence-corrected chi connectivity index (χ3v) is 4.30. The van der Waals surface area contributed by atoms with Gasteiger partial charge in [-0.1, -0.05) is 18.2 Å². The zero-order valence-corrected chi connectivity index (χ0v) is 12.3. The van der Waals surface area contributed by atoms with E-state index in [0.29, 0.717) is 6.54 Å². The molecule has 0 spiro atoms. The predicted octanol–water partition coefficient (Wildman–Crippen LogP) is 0.313. The Morgan fingerprint density at radius 3 is 2.62 bits per heavy atom. The van der Waals surface area contributed by atoms with Crippen molar-refractivity contribution in [2.75, 3.05) is 6.54 Å². The van der Waals surface area contributed by atoms with Crippen LogP contribution in [0.3, 0.4) is 0 Å². The van der Waals surface area contributed by atoms with Gasteiger partial charge in [0, 0.05) is 17.8 Å². The molecule has 1 aromatic heterocycles. The summed E-state index contributed by atoms with van der Waals surface area (Å²) in [6.45, 7) is 1.83. The molecule has 0 radical (unpaired) electrons. The molecule has 0 atom stereocenters. The molecule has 0 aliphatic carbocycles. The van der Waals surface area contributed by atoms with Crippen molar-refractivity contribution in [3.8, 4) is 0 Å². The van der Waals surface area contributed by atoms with Gasteiger partial charge in [0.2, 0.25) is 15.9 Å². The summed E-state index contributed by atoms with van der Waals surface area (Å²) in [5.74, 6) is -0.407. The number of hydrogen-bond acceptors (Lipinski definition) is 4. The van der Waals surface area contributed by atoms with Gasteiger partial charge in [0.25, 0.3) is 0 Å². The summed E-state index contributed by atoms with van der Waals surface area (Å²) < 4.78 is 26.1. The van der Waals surface area contributed by atoms with E-state index in [-0.39, 0.29) is 11.4 Å². The van der Waals surface area contributed by atoms with Gasteiger partial charge >= 0.3 is 0 Å². The van der Waals surface area contributed by atoms with Gasteiger partial charge in [0.05, 0.1) is 17.6 Å². The Morgan fingerprint density at radius 2 is 2.00 bits per heavy atom. The first-order valence-corrected chi connectivity index (χ1v) is 7.77. The lowest BCUT2D eigenvalue weighted by atomic mass is 10.2. The maximum absolute atomic E-state index is 11.9. The lowest BCUT2D eigenvalue weighted by molar-refractivity contribution is -0.120. The molecule has 112 valence electrons. The fourth-order valence-corrected chi connectivity index (χ4v) is 2.66. The minimum atomic E-state index is -3.66. The van der Waals surface area contributed by atoms with Crippen LogP contribution in [0.5, 0.6) is 0 Å². The highest BCUT2D eigenvalue weighted by molar-refractivity contribution is 7.89. The maximum atomic E-state index is 11.9. The third kappa shape index (κ3) is 4.14. The predicted molar refractivity (Wildman–Crippen MR) is 76.8 cm³/mol. The summed E-state index contributed by atoms with van der Waals surface area (Å²) in [6.07, 6.45) is 1.61. The number of nitrogens with one attached hydrogen (secondary N) is 3. The molecule has 3 N–H and O–H groups in total. The molecule has 1 amide bonds. The van der Waals surface area contributed by atoms with Crippen molar-refractivity contribution in [3.63, 3.8) is 0 Å². The molecule has 0 aliphatic rings. The number of benzene rings is 1. The van der Waals surface area contributed by atoms with Crippen LogP contribution in [0.4, 0.5) is 0 Å². The molecule has 0 unspecified atom stereocenters. The molecule has 0 aliphatic heterocycles. The van der Waals surface area contributed by atoms with Crippen molar-refractivity contribution in [2.24, 2.45) is 0 Å². The molecule has 2 rings (SSSR count). The summed E-state index contributed by atoms with van der Waals surface area (Å²) >= 11 is 0. The Hall–Kier alpha value is -2.19. The molecular formula is C13H16N4O3S. The van der Waals surface area contributed by atoms with E-state index in [9.17, 15) is 13.2 Å². The van der Waals surface area contributed by atoms with E-state index >= 15 is 0 Å². The molecule has 21 heavy (non-hydrogen) atoms. The Kier molecular flexibility index (Phi) is 4.71. The SMILES string of the molecule is Cc1[nH]ncc1CNC(=O)CNS(=O)(=O)c1ccccc1. The third-order valence-electron chi connectivity index (χ3n) is 2.89. The normalized spacial score (nSPS) is 11.3. The van der Waals surface area contributed by atoms with Gasteiger partial charge < -0.3 is 5.32 Å². The highest BCUT2D eigenvalue weighted by Crippen LogP contribution is 2.06. The second kappa shape index (κ2) is 6.51. The lowest BCUT2D eigenvalue weighted by Crippen LogP contribution is -2.36. The Bertz CT molecular complexity index is 710. The van der Waals surface area contributed by atoms with Crippen molar-refractivity contribution in [1.82, 2.24) is 20.2 Å². The number of carbonyl (C=O) groups excluding carboxylic acids is 1. The molecule has 0 fully saturated rings. The van der Waals surface area contributed by atoms with Gasteiger partial charge in [-0.2, -0.15) is 5.10 Å². The number of aryl methyl sites for hydroxylation is 1. The largest absolute Gasteiger partial charge is 0.351 e. The Balaban J connectivity index is 1.85. The van der Waals surface area contributed by atoms with Crippen LogP contribution in [0.2, 0.25) is 0 Å². The standard InChI is InChI=1S/C13H16N4O3S/c1-10-11(8-15-17-10)7-14-13(18)9-16-21(19,20)12-5-3-2-4-6-12/h2-6,8,16H,7,9H2,1H3,(H,14,18)(H,15,17). The number of amides is 1. The van der Waals surface area contributed by atoms with Crippen LogP contribution < -0.4 is 10.0 Å². The first-order chi connectivity index (χ1) is 9.99. The molecule has 0 bridgehead atoms. The van der Waals surface area contributed by atoms with Crippen LogP contribution >= 0.6 is 0 Å². The van der Waals surface area contributed by atoms with Crippen molar-refractivity contribution in [2.45, 2.75) is 18.4 Å². The summed E-state index contributed by atoms with van der Waals surface area (Å²) in [7, 11) is -3.66. The number of aromatic nitrogens is 2. The Labute approximate surface area is 122 Å². The maximum Gasteiger partial charge on any atom is 0.241 e. The number of nitrogens with zero attached hydrogens (tertiary/aromatic N) is 1. The molecule has 1 aromatic carbocycles. The minimum Gasteiger partial charge on any atom is -0.351 e. The fourth-order valence-electron chi connectivity index (χ4n) is 1.65. The van der Waals surface area contributed by atoms with Crippen LogP contribution in [0.25, 0.3) is 0 Å². The van der Waals surface area contributed by atoms with Crippen molar-refractivity contribution in [3.05, 3.63) is 47.8 Å². The van der Waals surface area contributed by atoms with E-state index in [1.165, 1.54) is 12.1 Å². The first-order valence-electron chi connectivity index (χ1n) is 6.29. The van der Waals surface area contributed by atoms with Crippen LogP contribution in [-0.2, 0) is 21.4 Å². The van der Waals surface area contributed by atoms with E-state index < -0.39 is 15.9 Å². The van der Waals surface area contributed by atoms with E-state index in [0.717, 1.165) is 11.3 Å². The summed E-state index contributed by atoms with van der Waals surface area (Å²) in [5, 5.41) is 9.22. The highest BCUT2D eigenvalue weighted by atomic mass is 32.2. The smallest absolute Gasteiger partial charge is 0.241 e. The van der Waals surface area contributed by atoms with E-state index in [4.69, 9.17) is 0 Å². The van der Waals surface area contributed by atoms with Gasteiger partial charge in [0.1, 0.15) is 0 Å². The molecule has 8 heteroatoms. The first kappa shape index (κ1) is 15.2. The molecule has 7 nitrogen and oxygen atoms in total. The van der Waals surface area contributed by atoms with Gasteiger partial charge in [-0.3, -0.25) is 9.89 Å². The average Bonchev–Trinajstić information content (AvgIpc) is 2.89. The number of aromatic amines is 1. The number of carbonyl (C=O) groups is 1. The van der Waals surface area contributed by atoms with Gasteiger partial charge in [0.15, 0.2) is 0 Å². The number of hydrogen-bond donors (Lipinski definition) is 3. The molecule has 0 saturated heterocycles. The zero-order valence-electron chi connectivity index (χ0n) is 11.5. The topological polar surface area (TPSA) is 104 Å². The molecular weight excluding hydrogens is 292 g/mol. The summed E-state index contributed by atoms with van der Waals surface area (Å²) in [6, 6.07) is 7.90. The fraction of sp³-hybridized carbons (Fsp3) is 0.231. The van der Waals surface area contributed by atoms with Gasteiger partial charge in [-0.25, -0.2) is 13.1 Å². The van der Waals surface area contributed by atoms with E-state index in [1.54, 1.807) is 24.4 Å². The quantitative estimate of drug-likeness (QED) is 0.714. The molecule has 0 saturated carbocycles. The van der Waals surface area contributed by atoms with Crippen molar-refractivity contribution in [1.29, 1.82) is 0 Å². The highest BCUT2D eigenvalue weighted by Gasteiger charge is 2.14. The van der Waals surface area contributed by atoms with Crippen LogP contribution in [0.15, 0.2) is 41.4 Å². The summed E-state index contributed by atoms with van der Waals surface area (Å²) in [5.41, 5.74) is 1.72. The number of rotatable bonds is 6. The van der Waals surface area contributed by atoms with Gasteiger partial charge in [-0.05, 0) is 19.1 Å². The molecule has 1 heterocycles. The summed E-state index contributed by atoms with van der Waals surface area (Å²) in [4.78, 5) is 11.8. The van der Waals surface area contributed by atoms with Gasteiger partial charge in [-0.15, -0.1) is 0 Å². The average molecular weight is 308 g/mol. The number of H-pyrrole nitrogens is 1. The van der Waals surface area contributed by atoms with Crippen molar-refractivity contribution >= 4 is 15.9 Å². The zero-order chi connectivity index (χ0) is 15.3. The Morgan fingerprint density at radius 1 is 1.29 bits per heavy atom. The van der Waals surface area contributed by atoms with Crippen LogP contribution in [0.1, 0.15) is 11.3 Å². The number of sulfonamides is 1. The monoisotopic (exact) mass is 308 g/mol. The van der Waals surface area contributed by atoms with E-state index in [2.05, 4.69) is 20.2 Å². The van der Waals surface area contributed by atoms with Crippen LogP contribution in [0, 0.1) is 6.92 Å². The van der Waals surface area contributed by atoms with Crippen molar-refractivity contribution < 1.29 is 13.2 Å². The minimum absolute atomic E-state index is 0.128. The van der Waals surface area contributed by atoms with Crippen LogP contribution in [-0.4, -0.2) is 31.1 Å². The lowest BCUT2D eigenvalue weighted by Gasteiger charge is -2.07. The van der Waals surface area contributed by atoms with E-state index in [1.807, 2.05) is 6.92 Å². The molecule has 2 aromatic rings. The second-order valence-corrected chi connectivity index (χ2v) is 6.20. The second-order valence-electron chi connectivity index (χ2n) is 4.43.